The number of halogens is 2. The Morgan fingerprint density at radius 3 is 2.47 bits per heavy atom. The lowest BCUT2D eigenvalue weighted by Gasteiger charge is -2.10. The average Bonchev–Trinajstić information content (AvgIpc) is 3.03. The van der Waals surface area contributed by atoms with Crippen molar-refractivity contribution in [3.05, 3.63) is 99.3 Å². The summed E-state index contributed by atoms with van der Waals surface area (Å²) in [5.74, 6) is -0.254. The van der Waals surface area contributed by atoms with Gasteiger partial charge in [-0.3, -0.25) is 4.79 Å². The third-order valence-electron chi connectivity index (χ3n) is 5.01. The van der Waals surface area contributed by atoms with Crippen LogP contribution in [0.4, 0.5) is 0 Å². The van der Waals surface area contributed by atoms with E-state index in [0.29, 0.717) is 15.6 Å². The summed E-state index contributed by atoms with van der Waals surface area (Å²) in [5, 5.41) is 7.27. The summed E-state index contributed by atoms with van der Waals surface area (Å²) in [7, 11) is 0. The second-order valence-corrected chi connectivity index (χ2v) is 7.84. The van der Waals surface area contributed by atoms with E-state index in [1.165, 1.54) is 0 Å². The molecular formula is C24H19Cl2N3O. The molecule has 1 N–H and O–H groups in total. The van der Waals surface area contributed by atoms with E-state index in [9.17, 15) is 4.79 Å². The van der Waals surface area contributed by atoms with Gasteiger partial charge in [-0.1, -0.05) is 53.5 Å². The number of hydrogen-bond donors (Lipinski definition) is 1. The first-order chi connectivity index (χ1) is 14.4. The minimum absolute atomic E-state index is 0.254. The molecule has 0 saturated carbocycles. The van der Waals surface area contributed by atoms with Gasteiger partial charge in [0.15, 0.2) is 0 Å². The van der Waals surface area contributed by atoms with Gasteiger partial charge in [-0.05, 0) is 61.0 Å². The Morgan fingerprint density at radius 1 is 0.933 bits per heavy atom. The maximum absolute atomic E-state index is 12.5. The van der Waals surface area contributed by atoms with E-state index in [1.54, 1.807) is 18.3 Å². The van der Waals surface area contributed by atoms with Crippen LogP contribution in [0.5, 0.6) is 0 Å². The summed E-state index contributed by atoms with van der Waals surface area (Å²) in [4.78, 5) is 12.5. The fourth-order valence-corrected chi connectivity index (χ4v) is 3.79. The van der Waals surface area contributed by atoms with Gasteiger partial charge in [-0.25, -0.2) is 5.43 Å². The molecule has 4 aromatic rings. The highest BCUT2D eigenvalue weighted by Crippen LogP contribution is 2.27. The molecule has 3 aromatic carbocycles. The molecule has 0 radical (unpaired) electrons. The maximum Gasteiger partial charge on any atom is 0.271 e. The zero-order valence-electron chi connectivity index (χ0n) is 16.5. The largest absolute Gasteiger partial charge is 0.318 e. The number of fused-ring (bicyclic) bond motifs is 1. The maximum atomic E-state index is 12.5. The topological polar surface area (TPSA) is 46.4 Å². The highest BCUT2D eigenvalue weighted by Gasteiger charge is 2.11. The van der Waals surface area contributed by atoms with Crippen LogP contribution in [0.2, 0.25) is 10.0 Å². The van der Waals surface area contributed by atoms with E-state index >= 15 is 0 Å². The van der Waals surface area contributed by atoms with Crippen molar-refractivity contribution in [1.29, 1.82) is 0 Å². The van der Waals surface area contributed by atoms with Crippen LogP contribution in [0.3, 0.4) is 0 Å². The van der Waals surface area contributed by atoms with Crippen molar-refractivity contribution in [1.82, 2.24) is 9.99 Å². The first kappa shape index (κ1) is 20.2. The SMILES string of the molecule is Cc1cc(/C=N\NC(=O)c2ccc3ccccc3c2)c(C)n1-c1ccc(Cl)c(Cl)c1. The summed E-state index contributed by atoms with van der Waals surface area (Å²) in [6.45, 7) is 3.99. The van der Waals surface area contributed by atoms with Gasteiger partial charge in [-0.2, -0.15) is 5.10 Å². The van der Waals surface area contributed by atoms with E-state index < -0.39 is 0 Å². The summed E-state index contributed by atoms with van der Waals surface area (Å²) in [5.41, 5.74) is 6.99. The molecule has 30 heavy (non-hydrogen) atoms. The Balaban J connectivity index is 1.54. The minimum Gasteiger partial charge on any atom is -0.318 e. The van der Waals surface area contributed by atoms with Crippen molar-refractivity contribution in [3.8, 4) is 5.69 Å². The van der Waals surface area contributed by atoms with E-state index in [0.717, 1.165) is 33.4 Å². The van der Waals surface area contributed by atoms with E-state index in [-0.39, 0.29) is 5.91 Å². The third kappa shape index (κ3) is 3.97. The van der Waals surface area contributed by atoms with Crippen LogP contribution in [0.15, 0.2) is 71.8 Å². The number of aryl methyl sites for hydroxylation is 1. The van der Waals surface area contributed by atoms with Gasteiger partial charge in [0.05, 0.1) is 16.3 Å². The lowest BCUT2D eigenvalue weighted by Crippen LogP contribution is -2.17. The number of nitrogens with one attached hydrogen (secondary N) is 1. The summed E-state index contributed by atoms with van der Waals surface area (Å²) in [6.07, 6.45) is 1.65. The van der Waals surface area contributed by atoms with Gasteiger partial charge < -0.3 is 4.57 Å². The fourth-order valence-electron chi connectivity index (χ4n) is 3.50. The van der Waals surface area contributed by atoms with Gasteiger partial charge >= 0.3 is 0 Å². The molecule has 4 rings (SSSR count). The summed E-state index contributed by atoms with van der Waals surface area (Å²) in [6, 6.07) is 21.0. The summed E-state index contributed by atoms with van der Waals surface area (Å²) < 4.78 is 2.06. The standard InChI is InChI=1S/C24H19Cl2N3O/c1-15-11-20(16(2)29(15)21-9-10-22(25)23(26)13-21)14-27-28-24(30)19-8-7-17-5-3-4-6-18(17)12-19/h3-14H,1-2H3,(H,28,30)/b27-14-. The van der Waals surface area contributed by atoms with Crippen molar-refractivity contribution in [2.45, 2.75) is 13.8 Å². The smallest absolute Gasteiger partial charge is 0.271 e. The molecule has 1 amide bonds. The van der Waals surface area contributed by atoms with Gasteiger partial charge in [0.2, 0.25) is 0 Å². The molecular weight excluding hydrogens is 417 g/mol. The Morgan fingerprint density at radius 2 is 1.70 bits per heavy atom. The average molecular weight is 436 g/mol. The Labute approximate surface area is 184 Å². The van der Waals surface area contributed by atoms with Crippen molar-refractivity contribution in [2.75, 3.05) is 0 Å². The Kier molecular flexibility index (Phi) is 5.62. The number of carbonyl (C=O) groups is 1. The van der Waals surface area contributed by atoms with Crippen LogP contribution in [-0.4, -0.2) is 16.7 Å². The monoisotopic (exact) mass is 435 g/mol. The van der Waals surface area contributed by atoms with Crippen LogP contribution in [0, 0.1) is 13.8 Å². The number of nitrogens with zero attached hydrogens (tertiary/aromatic N) is 2. The Hall–Kier alpha value is -3.08. The molecule has 0 fully saturated rings. The number of benzene rings is 3. The van der Waals surface area contributed by atoms with Crippen LogP contribution in [0.25, 0.3) is 16.5 Å². The second-order valence-electron chi connectivity index (χ2n) is 7.02. The van der Waals surface area contributed by atoms with E-state index in [2.05, 4.69) is 15.1 Å². The lowest BCUT2D eigenvalue weighted by molar-refractivity contribution is 0.0955. The van der Waals surface area contributed by atoms with Gasteiger partial charge in [0.25, 0.3) is 5.91 Å². The van der Waals surface area contributed by atoms with Crippen molar-refractivity contribution >= 4 is 46.1 Å². The molecule has 1 aromatic heterocycles. The molecule has 0 aliphatic carbocycles. The van der Waals surface area contributed by atoms with Crippen LogP contribution in [-0.2, 0) is 0 Å². The highest BCUT2D eigenvalue weighted by atomic mass is 35.5. The predicted octanol–water partition coefficient (Wildman–Crippen LogP) is 6.32. The quantitative estimate of drug-likeness (QED) is 0.295. The fraction of sp³-hybridized carbons (Fsp3) is 0.0833. The molecule has 150 valence electrons. The molecule has 0 aliphatic heterocycles. The van der Waals surface area contributed by atoms with Crippen molar-refractivity contribution in [3.63, 3.8) is 0 Å². The first-order valence-corrected chi connectivity index (χ1v) is 10.2. The second kappa shape index (κ2) is 8.34. The number of amides is 1. The zero-order valence-corrected chi connectivity index (χ0v) is 18.0. The van der Waals surface area contributed by atoms with Crippen molar-refractivity contribution < 1.29 is 4.79 Å². The third-order valence-corrected chi connectivity index (χ3v) is 5.75. The number of carbonyl (C=O) groups excluding carboxylic acids is 1. The molecule has 4 nitrogen and oxygen atoms in total. The molecule has 0 aliphatic rings. The first-order valence-electron chi connectivity index (χ1n) is 9.40. The molecule has 0 atom stereocenters. The molecule has 0 bridgehead atoms. The number of aromatic nitrogens is 1. The number of hydrazone groups is 1. The Bertz CT molecular complexity index is 1290. The van der Waals surface area contributed by atoms with Crippen LogP contribution in [0.1, 0.15) is 27.3 Å². The van der Waals surface area contributed by atoms with Gasteiger partial charge in [0, 0.05) is 28.2 Å². The van der Waals surface area contributed by atoms with Gasteiger partial charge in [0.1, 0.15) is 0 Å². The van der Waals surface area contributed by atoms with Crippen molar-refractivity contribution in [2.24, 2.45) is 5.10 Å². The summed E-state index contributed by atoms with van der Waals surface area (Å²) >= 11 is 12.2. The highest BCUT2D eigenvalue weighted by molar-refractivity contribution is 6.42. The normalized spacial score (nSPS) is 11.3. The minimum atomic E-state index is -0.254. The lowest BCUT2D eigenvalue weighted by atomic mass is 10.1. The number of hydrogen-bond acceptors (Lipinski definition) is 2. The van der Waals surface area contributed by atoms with Gasteiger partial charge in [-0.15, -0.1) is 0 Å². The number of rotatable bonds is 4. The molecule has 0 spiro atoms. The molecule has 0 saturated heterocycles. The van der Waals surface area contributed by atoms with Crippen LogP contribution >= 0.6 is 23.2 Å². The van der Waals surface area contributed by atoms with E-state index in [4.69, 9.17) is 23.2 Å². The molecule has 1 heterocycles. The molecule has 0 unspecified atom stereocenters. The predicted molar refractivity (Wildman–Crippen MR) is 124 cm³/mol. The zero-order chi connectivity index (χ0) is 21.3. The van der Waals surface area contributed by atoms with Crippen LogP contribution < -0.4 is 5.43 Å². The molecule has 6 heteroatoms. The van der Waals surface area contributed by atoms with E-state index in [1.807, 2.05) is 68.4 Å².